The lowest BCUT2D eigenvalue weighted by molar-refractivity contribution is 1.07. The number of benzene rings is 9. The number of nitrogens with zero attached hydrogens (tertiary/aromatic N) is 3. The molecule has 0 saturated heterocycles. The Morgan fingerprint density at radius 2 is 0.800 bits per heavy atom. The van der Waals surface area contributed by atoms with E-state index in [9.17, 15) is 0 Å². The fourth-order valence-electron chi connectivity index (χ4n) is 7.98. The fourth-order valence-corrected chi connectivity index (χ4v) is 9.14. The molecule has 0 atom stereocenters. The molecule has 0 aliphatic heterocycles. The van der Waals surface area contributed by atoms with Crippen LogP contribution in [0.1, 0.15) is 0 Å². The third kappa shape index (κ3) is 5.46. The van der Waals surface area contributed by atoms with Crippen molar-refractivity contribution in [2.75, 3.05) is 0 Å². The van der Waals surface area contributed by atoms with Gasteiger partial charge in [0.25, 0.3) is 0 Å². The summed E-state index contributed by atoms with van der Waals surface area (Å²) >= 11 is 1.86. The first-order valence-electron chi connectivity index (χ1n) is 18.5. The van der Waals surface area contributed by atoms with Crippen LogP contribution in [0, 0.1) is 0 Å². The average Bonchev–Trinajstić information content (AvgIpc) is 3.65. The van der Waals surface area contributed by atoms with Gasteiger partial charge in [-0.15, -0.1) is 11.3 Å². The molecule has 4 heteroatoms. The van der Waals surface area contributed by atoms with Gasteiger partial charge in [0, 0.05) is 36.9 Å². The Morgan fingerprint density at radius 1 is 0.291 bits per heavy atom. The standard InChI is InChI=1S/C51H31N3S/c1-2-11-35(12-3-1)49-52-50(36-23-18-32(19-24-36)38-28-29-41-39(30-38)27-22-33-10-4-5-13-40(33)41)54-51(53-49)37-25-20-34(21-26-37)45-31-47-48(43-15-7-6-14-42(43)45)44-16-8-9-17-46(44)55-47/h1-31H. The van der Waals surface area contributed by atoms with Crippen molar-refractivity contribution in [3.05, 3.63) is 188 Å². The van der Waals surface area contributed by atoms with Gasteiger partial charge in [-0.2, -0.15) is 0 Å². The molecular weight excluding hydrogens is 687 g/mol. The van der Waals surface area contributed by atoms with E-state index in [0.717, 1.165) is 27.8 Å². The highest BCUT2D eigenvalue weighted by atomic mass is 32.1. The number of aromatic nitrogens is 3. The summed E-state index contributed by atoms with van der Waals surface area (Å²) < 4.78 is 2.61. The maximum atomic E-state index is 5.07. The average molecular weight is 718 g/mol. The van der Waals surface area contributed by atoms with Crippen molar-refractivity contribution in [3.8, 4) is 56.4 Å². The van der Waals surface area contributed by atoms with Gasteiger partial charge in [0.2, 0.25) is 0 Å². The number of hydrogen-bond donors (Lipinski definition) is 0. The maximum absolute atomic E-state index is 5.07. The van der Waals surface area contributed by atoms with E-state index in [1.54, 1.807) is 0 Å². The van der Waals surface area contributed by atoms with Crippen LogP contribution < -0.4 is 0 Å². The second kappa shape index (κ2) is 12.8. The van der Waals surface area contributed by atoms with Gasteiger partial charge >= 0.3 is 0 Å². The zero-order chi connectivity index (χ0) is 36.3. The van der Waals surface area contributed by atoms with Crippen LogP contribution in [0.3, 0.4) is 0 Å². The molecule has 11 aromatic rings. The highest BCUT2D eigenvalue weighted by molar-refractivity contribution is 7.26. The Kier molecular flexibility index (Phi) is 7.35. The quantitative estimate of drug-likeness (QED) is 0.166. The van der Waals surface area contributed by atoms with Gasteiger partial charge in [-0.05, 0) is 72.8 Å². The zero-order valence-electron chi connectivity index (χ0n) is 29.6. The third-order valence-corrected chi connectivity index (χ3v) is 11.8. The molecule has 0 aliphatic carbocycles. The molecule has 0 saturated carbocycles. The predicted octanol–water partition coefficient (Wildman–Crippen LogP) is 14.0. The van der Waals surface area contributed by atoms with Gasteiger partial charge in [-0.3, -0.25) is 0 Å². The van der Waals surface area contributed by atoms with Crippen molar-refractivity contribution < 1.29 is 0 Å². The van der Waals surface area contributed by atoms with Gasteiger partial charge in [0.05, 0.1) is 0 Å². The molecule has 9 aromatic carbocycles. The molecule has 0 N–H and O–H groups in total. The molecule has 55 heavy (non-hydrogen) atoms. The van der Waals surface area contributed by atoms with E-state index in [-0.39, 0.29) is 0 Å². The molecule has 256 valence electrons. The summed E-state index contributed by atoms with van der Waals surface area (Å²) in [4.78, 5) is 15.1. The van der Waals surface area contributed by atoms with E-state index >= 15 is 0 Å². The SMILES string of the molecule is c1ccc(-c2nc(-c3ccc(-c4ccc5c(ccc6ccccc65)c4)cc3)nc(-c3ccc(-c4cc5sc6ccccc6c5c5ccccc45)cc3)n2)cc1. The molecule has 2 aromatic heterocycles. The van der Waals surface area contributed by atoms with E-state index < -0.39 is 0 Å². The van der Waals surface area contributed by atoms with E-state index in [1.165, 1.54) is 63.6 Å². The summed E-state index contributed by atoms with van der Waals surface area (Å²) in [5, 5.41) is 10.2. The molecule has 0 radical (unpaired) electrons. The van der Waals surface area contributed by atoms with Crippen molar-refractivity contribution in [3.63, 3.8) is 0 Å². The highest BCUT2D eigenvalue weighted by Crippen LogP contribution is 2.43. The lowest BCUT2D eigenvalue weighted by Gasteiger charge is -2.11. The highest BCUT2D eigenvalue weighted by Gasteiger charge is 2.16. The molecule has 0 spiro atoms. The van der Waals surface area contributed by atoms with Crippen LogP contribution in [0.25, 0.3) is 109 Å². The lowest BCUT2D eigenvalue weighted by atomic mass is 9.94. The third-order valence-electron chi connectivity index (χ3n) is 10.7. The smallest absolute Gasteiger partial charge is 0.164 e. The molecule has 2 heterocycles. The number of thiophene rings is 1. The minimum atomic E-state index is 0.644. The summed E-state index contributed by atoms with van der Waals surface area (Å²) in [6.07, 6.45) is 0. The normalized spacial score (nSPS) is 11.6. The Hall–Kier alpha value is -7.01. The lowest BCUT2D eigenvalue weighted by Crippen LogP contribution is -2.00. The molecule has 0 unspecified atom stereocenters. The van der Waals surface area contributed by atoms with Crippen LogP contribution in [-0.2, 0) is 0 Å². The topological polar surface area (TPSA) is 38.7 Å². The van der Waals surface area contributed by atoms with Crippen molar-refractivity contribution >= 4 is 63.8 Å². The van der Waals surface area contributed by atoms with Gasteiger partial charge < -0.3 is 0 Å². The molecule has 0 aliphatic rings. The van der Waals surface area contributed by atoms with Gasteiger partial charge in [0.1, 0.15) is 0 Å². The Balaban J connectivity index is 0.972. The van der Waals surface area contributed by atoms with Crippen LogP contribution >= 0.6 is 11.3 Å². The largest absolute Gasteiger partial charge is 0.208 e. The van der Waals surface area contributed by atoms with Crippen LogP contribution in [-0.4, -0.2) is 15.0 Å². The summed E-state index contributed by atoms with van der Waals surface area (Å²) in [6.45, 7) is 0. The maximum Gasteiger partial charge on any atom is 0.164 e. The van der Waals surface area contributed by atoms with E-state index in [4.69, 9.17) is 15.0 Å². The number of rotatable bonds is 5. The Bertz CT molecular complexity index is 3240. The zero-order valence-corrected chi connectivity index (χ0v) is 30.5. The Morgan fingerprint density at radius 3 is 1.53 bits per heavy atom. The van der Waals surface area contributed by atoms with Crippen molar-refractivity contribution in [2.24, 2.45) is 0 Å². The summed E-state index contributed by atoms with van der Waals surface area (Å²) in [5.41, 5.74) is 7.54. The molecular formula is C51H31N3S. The van der Waals surface area contributed by atoms with Gasteiger partial charge in [-0.1, -0.05) is 170 Å². The second-order valence-electron chi connectivity index (χ2n) is 14.0. The van der Waals surface area contributed by atoms with Crippen LogP contribution in [0.15, 0.2) is 188 Å². The fraction of sp³-hybridized carbons (Fsp3) is 0. The molecule has 0 amide bonds. The van der Waals surface area contributed by atoms with Crippen LogP contribution in [0.2, 0.25) is 0 Å². The number of hydrogen-bond acceptors (Lipinski definition) is 4. The second-order valence-corrected chi connectivity index (χ2v) is 15.1. The van der Waals surface area contributed by atoms with E-state index in [2.05, 4.69) is 158 Å². The molecule has 11 rings (SSSR count). The van der Waals surface area contributed by atoms with Crippen molar-refractivity contribution in [2.45, 2.75) is 0 Å². The molecule has 3 nitrogen and oxygen atoms in total. The van der Waals surface area contributed by atoms with Crippen molar-refractivity contribution in [1.82, 2.24) is 15.0 Å². The first-order valence-corrected chi connectivity index (χ1v) is 19.3. The summed E-state index contributed by atoms with van der Waals surface area (Å²) in [7, 11) is 0. The monoisotopic (exact) mass is 717 g/mol. The van der Waals surface area contributed by atoms with Crippen molar-refractivity contribution in [1.29, 1.82) is 0 Å². The predicted molar refractivity (Wildman–Crippen MR) is 232 cm³/mol. The van der Waals surface area contributed by atoms with Crippen LogP contribution in [0.4, 0.5) is 0 Å². The van der Waals surface area contributed by atoms with E-state index in [1.807, 2.05) is 41.7 Å². The summed E-state index contributed by atoms with van der Waals surface area (Å²) in [5.74, 6) is 1.94. The molecule has 0 fully saturated rings. The van der Waals surface area contributed by atoms with E-state index in [0.29, 0.717) is 17.5 Å². The minimum Gasteiger partial charge on any atom is -0.208 e. The van der Waals surface area contributed by atoms with Gasteiger partial charge in [-0.25, -0.2) is 15.0 Å². The van der Waals surface area contributed by atoms with Crippen LogP contribution in [0.5, 0.6) is 0 Å². The summed E-state index contributed by atoms with van der Waals surface area (Å²) in [6, 6.07) is 66.9. The minimum absolute atomic E-state index is 0.644. The number of fused-ring (bicyclic) bond motifs is 8. The molecule has 0 bridgehead atoms. The first kappa shape index (κ1) is 31.5. The first-order chi connectivity index (χ1) is 27.2. The Labute approximate surface area is 321 Å². The van der Waals surface area contributed by atoms with Gasteiger partial charge in [0.15, 0.2) is 17.5 Å².